The molecule has 0 aliphatic carbocycles. The molecule has 6 heteroatoms. The van der Waals surface area contributed by atoms with Crippen molar-refractivity contribution in [2.45, 2.75) is 19.0 Å². The van der Waals surface area contributed by atoms with Crippen molar-refractivity contribution in [3.8, 4) is 17.2 Å². The molecule has 6 nitrogen and oxygen atoms in total. The second kappa shape index (κ2) is 7.25. The number of ether oxygens (including phenoxy) is 3. The van der Waals surface area contributed by atoms with Gasteiger partial charge in [0.15, 0.2) is 11.5 Å². The molecule has 136 valence electrons. The van der Waals surface area contributed by atoms with Crippen molar-refractivity contribution in [1.29, 1.82) is 0 Å². The summed E-state index contributed by atoms with van der Waals surface area (Å²) >= 11 is 0. The highest BCUT2D eigenvalue weighted by Crippen LogP contribution is 2.38. The number of carbonyl (C=O) groups excluding carboxylic acids is 1. The Morgan fingerprint density at radius 3 is 2.73 bits per heavy atom. The first kappa shape index (κ1) is 16.7. The van der Waals surface area contributed by atoms with Gasteiger partial charge in [-0.05, 0) is 18.1 Å². The molecule has 0 bridgehead atoms. The third-order valence-corrected chi connectivity index (χ3v) is 4.86. The van der Waals surface area contributed by atoms with Gasteiger partial charge < -0.3 is 19.5 Å². The number of carbonyl (C=O) groups is 1. The molecule has 2 heterocycles. The SMILES string of the molecule is COc1cc2c(cc1CN1CCNC(=O)C1Cc1ccccc1)OCO2. The van der Waals surface area contributed by atoms with E-state index in [4.69, 9.17) is 14.2 Å². The van der Waals surface area contributed by atoms with Crippen molar-refractivity contribution in [2.75, 3.05) is 27.0 Å². The molecule has 2 aliphatic heterocycles. The van der Waals surface area contributed by atoms with E-state index in [0.717, 1.165) is 29.2 Å². The van der Waals surface area contributed by atoms with Gasteiger partial charge in [0.05, 0.1) is 13.2 Å². The number of piperazine rings is 1. The molecule has 0 saturated carbocycles. The van der Waals surface area contributed by atoms with Crippen LogP contribution in [0.1, 0.15) is 11.1 Å². The van der Waals surface area contributed by atoms with Crippen LogP contribution in [0.5, 0.6) is 17.2 Å². The van der Waals surface area contributed by atoms with Crippen LogP contribution < -0.4 is 19.5 Å². The van der Waals surface area contributed by atoms with Crippen molar-refractivity contribution >= 4 is 5.91 Å². The molecular weight excluding hydrogens is 332 g/mol. The van der Waals surface area contributed by atoms with Crippen LogP contribution in [0.2, 0.25) is 0 Å². The fraction of sp³-hybridized carbons (Fsp3) is 0.350. The highest BCUT2D eigenvalue weighted by molar-refractivity contribution is 5.82. The Labute approximate surface area is 152 Å². The van der Waals surface area contributed by atoms with Gasteiger partial charge in [0.25, 0.3) is 0 Å². The average molecular weight is 354 g/mol. The van der Waals surface area contributed by atoms with Crippen molar-refractivity contribution in [1.82, 2.24) is 10.2 Å². The topological polar surface area (TPSA) is 60.0 Å². The van der Waals surface area contributed by atoms with Gasteiger partial charge in [-0.2, -0.15) is 0 Å². The number of rotatable bonds is 5. The molecule has 26 heavy (non-hydrogen) atoms. The Bertz CT molecular complexity index is 794. The molecule has 2 aromatic rings. The lowest BCUT2D eigenvalue weighted by atomic mass is 10.0. The second-order valence-corrected chi connectivity index (χ2v) is 6.48. The number of nitrogens with zero attached hydrogens (tertiary/aromatic N) is 1. The fourth-order valence-electron chi connectivity index (χ4n) is 3.51. The number of fused-ring (bicyclic) bond motifs is 1. The number of nitrogens with one attached hydrogen (secondary N) is 1. The van der Waals surface area contributed by atoms with Crippen LogP contribution in [-0.2, 0) is 17.8 Å². The zero-order valence-corrected chi connectivity index (χ0v) is 14.7. The lowest BCUT2D eigenvalue weighted by Crippen LogP contribution is -2.55. The van der Waals surface area contributed by atoms with Gasteiger partial charge in [-0.25, -0.2) is 0 Å². The lowest BCUT2D eigenvalue weighted by molar-refractivity contribution is -0.129. The first-order chi connectivity index (χ1) is 12.7. The Hall–Kier alpha value is -2.73. The number of amides is 1. The second-order valence-electron chi connectivity index (χ2n) is 6.48. The maximum Gasteiger partial charge on any atom is 0.237 e. The maximum absolute atomic E-state index is 12.5. The summed E-state index contributed by atoms with van der Waals surface area (Å²) in [6.45, 7) is 2.28. The summed E-state index contributed by atoms with van der Waals surface area (Å²) in [6.07, 6.45) is 0.680. The van der Waals surface area contributed by atoms with E-state index in [-0.39, 0.29) is 18.7 Å². The van der Waals surface area contributed by atoms with E-state index in [0.29, 0.717) is 25.3 Å². The number of benzene rings is 2. The van der Waals surface area contributed by atoms with Gasteiger partial charge in [-0.15, -0.1) is 0 Å². The van der Waals surface area contributed by atoms with Crippen LogP contribution in [0.3, 0.4) is 0 Å². The molecular formula is C20H22N2O4. The average Bonchev–Trinajstić information content (AvgIpc) is 3.12. The summed E-state index contributed by atoms with van der Waals surface area (Å²) in [6, 6.07) is 13.7. The Morgan fingerprint density at radius 2 is 1.96 bits per heavy atom. The minimum absolute atomic E-state index is 0.0693. The van der Waals surface area contributed by atoms with Crippen LogP contribution in [0.25, 0.3) is 0 Å². The predicted molar refractivity (Wildman–Crippen MR) is 96.5 cm³/mol. The summed E-state index contributed by atoms with van der Waals surface area (Å²) in [4.78, 5) is 14.7. The third-order valence-electron chi connectivity index (χ3n) is 4.86. The van der Waals surface area contributed by atoms with Gasteiger partial charge in [0, 0.05) is 31.3 Å². The van der Waals surface area contributed by atoms with Crippen molar-refractivity contribution in [2.24, 2.45) is 0 Å². The van der Waals surface area contributed by atoms with E-state index in [1.54, 1.807) is 7.11 Å². The fourth-order valence-corrected chi connectivity index (χ4v) is 3.51. The highest BCUT2D eigenvalue weighted by Gasteiger charge is 2.31. The van der Waals surface area contributed by atoms with E-state index in [2.05, 4.69) is 22.3 Å². The van der Waals surface area contributed by atoms with Crippen LogP contribution in [0.15, 0.2) is 42.5 Å². The smallest absolute Gasteiger partial charge is 0.237 e. The number of hydrogen-bond acceptors (Lipinski definition) is 5. The predicted octanol–water partition coefficient (Wildman–Crippen LogP) is 1.97. The summed E-state index contributed by atoms with van der Waals surface area (Å²) < 4.78 is 16.4. The van der Waals surface area contributed by atoms with Crippen LogP contribution in [-0.4, -0.2) is 43.8 Å². The number of methoxy groups -OCH3 is 1. The molecule has 1 unspecified atom stereocenters. The van der Waals surface area contributed by atoms with Gasteiger partial charge in [-0.1, -0.05) is 30.3 Å². The van der Waals surface area contributed by atoms with E-state index < -0.39 is 0 Å². The van der Waals surface area contributed by atoms with E-state index >= 15 is 0 Å². The van der Waals surface area contributed by atoms with Crippen LogP contribution in [0.4, 0.5) is 0 Å². The molecule has 2 aromatic carbocycles. The summed E-state index contributed by atoms with van der Waals surface area (Å²) in [5.74, 6) is 2.24. The molecule has 4 rings (SSSR count). The Balaban J connectivity index is 1.58. The normalized spacial score (nSPS) is 19.3. The van der Waals surface area contributed by atoms with E-state index in [1.807, 2.05) is 30.3 Å². The molecule has 1 N–H and O–H groups in total. The largest absolute Gasteiger partial charge is 0.496 e. The zero-order valence-electron chi connectivity index (χ0n) is 14.7. The molecule has 0 aromatic heterocycles. The van der Waals surface area contributed by atoms with Crippen LogP contribution >= 0.6 is 0 Å². The van der Waals surface area contributed by atoms with Gasteiger partial charge >= 0.3 is 0 Å². The molecule has 0 spiro atoms. The molecule has 1 atom stereocenters. The van der Waals surface area contributed by atoms with Crippen molar-refractivity contribution < 1.29 is 19.0 Å². The van der Waals surface area contributed by atoms with Crippen LogP contribution in [0, 0.1) is 0 Å². The molecule has 0 radical (unpaired) electrons. The zero-order chi connectivity index (χ0) is 17.9. The quantitative estimate of drug-likeness (QED) is 0.890. The minimum atomic E-state index is -0.207. The van der Waals surface area contributed by atoms with E-state index in [9.17, 15) is 4.79 Å². The van der Waals surface area contributed by atoms with E-state index in [1.165, 1.54) is 0 Å². The third kappa shape index (κ3) is 3.32. The summed E-state index contributed by atoms with van der Waals surface area (Å²) in [5.41, 5.74) is 2.14. The summed E-state index contributed by atoms with van der Waals surface area (Å²) in [7, 11) is 1.64. The number of hydrogen-bond donors (Lipinski definition) is 1. The van der Waals surface area contributed by atoms with Gasteiger partial charge in [-0.3, -0.25) is 9.69 Å². The molecule has 1 saturated heterocycles. The first-order valence-electron chi connectivity index (χ1n) is 8.77. The first-order valence-corrected chi connectivity index (χ1v) is 8.77. The van der Waals surface area contributed by atoms with Gasteiger partial charge in [0.1, 0.15) is 5.75 Å². The summed E-state index contributed by atoms with van der Waals surface area (Å²) in [5, 5.41) is 2.98. The highest BCUT2D eigenvalue weighted by atomic mass is 16.7. The molecule has 1 amide bonds. The Morgan fingerprint density at radius 1 is 1.19 bits per heavy atom. The van der Waals surface area contributed by atoms with Crippen molar-refractivity contribution in [3.63, 3.8) is 0 Å². The van der Waals surface area contributed by atoms with Gasteiger partial charge in [0.2, 0.25) is 12.7 Å². The minimum Gasteiger partial charge on any atom is -0.496 e. The maximum atomic E-state index is 12.5. The standard InChI is InChI=1S/C20H22N2O4/c1-24-17-11-19-18(25-13-26-19)10-15(17)12-22-8-7-21-20(23)16(22)9-14-5-3-2-4-6-14/h2-6,10-11,16H,7-9,12-13H2,1H3,(H,21,23). The molecule has 1 fully saturated rings. The monoisotopic (exact) mass is 354 g/mol. The van der Waals surface area contributed by atoms with Crippen molar-refractivity contribution in [3.05, 3.63) is 53.6 Å². The Kier molecular flexibility index (Phi) is 4.67. The molecule has 2 aliphatic rings. The lowest BCUT2D eigenvalue weighted by Gasteiger charge is -2.35.